The van der Waals surface area contributed by atoms with E-state index in [1.54, 1.807) is 0 Å². The SMILES string of the molecule is CCC(C)N(CC)C(=O)C1NCCc2ccccc21. The highest BCUT2D eigenvalue weighted by molar-refractivity contribution is 5.84. The van der Waals surface area contributed by atoms with Crippen LogP contribution >= 0.6 is 0 Å². The van der Waals surface area contributed by atoms with Crippen LogP contribution in [0.3, 0.4) is 0 Å². The van der Waals surface area contributed by atoms with Gasteiger partial charge in [0.25, 0.3) is 0 Å². The maximum Gasteiger partial charge on any atom is 0.244 e. The zero-order valence-electron chi connectivity index (χ0n) is 12.1. The van der Waals surface area contributed by atoms with E-state index in [9.17, 15) is 4.79 Å². The molecule has 19 heavy (non-hydrogen) atoms. The summed E-state index contributed by atoms with van der Waals surface area (Å²) in [6.07, 6.45) is 2.00. The average molecular weight is 260 g/mol. The highest BCUT2D eigenvalue weighted by Gasteiger charge is 2.30. The molecule has 1 N–H and O–H groups in total. The van der Waals surface area contributed by atoms with Gasteiger partial charge in [-0.05, 0) is 37.8 Å². The molecule has 2 unspecified atom stereocenters. The average Bonchev–Trinajstić information content (AvgIpc) is 2.47. The van der Waals surface area contributed by atoms with Crippen molar-refractivity contribution in [2.45, 2.75) is 45.7 Å². The van der Waals surface area contributed by atoms with Crippen LogP contribution in [0.25, 0.3) is 0 Å². The summed E-state index contributed by atoms with van der Waals surface area (Å²) in [6, 6.07) is 8.42. The molecule has 1 amide bonds. The Balaban J connectivity index is 2.25. The van der Waals surface area contributed by atoms with E-state index in [4.69, 9.17) is 0 Å². The van der Waals surface area contributed by atoms with Crippen molar-refractivity contribution in [1.29, 1.82) is 0 Å². The van der Waals surface area contributed by atoms with Crippen LogP contribution in [-0.4, -0.2) is 29.9 Å². The monoisotopic (exact) mass is 260 g/mol. The van der Waals surface area contributed by atoms with Gasteiger partial charge in [0.2, 0.25) is 5.91 Å². The molecule has 0 bridgehead atoms. The van der Waals surface area contributed by atoms with Gasteiger partial charge in [-0.3, -0.25) is 4.79 Å². The molecule has 0 spiro atoms. The molecule has 0 fully saturated rings. The second kappa shape index (κ2) is 6.20. The van der Waals surface area contributed by atoms with E-state index < -0.39 is 0 Å². The van der Waals surface area contributed by atoms with E-state index in [1.807, 2.05) is 11.0 Å². The lowest BCUT2D eigenvalue weighted by molar-refractivity contribution is -0.135. The summed E-state index contributed by atoms with van der Waals surface area (Å²) < 4.78 is 0. The maximum atomic E-state index is 12.8. The second-order valence-corrected chi connectivity index (χ2v) is 5.22. The first kappa shape index (κ1) is 14.1. The lowest BCUT2D eigenvalue weighted by Crippen LogP contribution is -2.47. The van der Waals surface area contributed by atoms with E-state index in [-0.39, 0.29) is 11.9 Å². The quantitative estimate of drug-likeness (QED) is 0.902. The third kappa shape index (κ3) is 2.81. The number of hydrogen-bond acceptors (Lipinski definition) is 2. The molecule has 2 atom stereocenters. The van der Waals surface area contributed by atoms with Crippen molar-refractivity contribution in [2.24, 2.45) is 0 Å². The Hall–Kier alpha value is -1.35. The number of hydrogen-bond donors (Lipinski definition) is 1. The molecule has 104 valence electrons. The zero-order chi connectivity index (χ0) is 13.8. The van der Waals surface area contributed by atoms with Crippen LogP contribution in [0.4, 0.5) is 0 Å². The van der Waals surface area contributed by atoms with E-state index in [2.05, 4.69) is 44.3 Å². The van der Waals surface area contributed by atoms with Crippen LogP contribution in [0.15, 0.2) is 24.3 Å². The van der Waals surface area contributed by atoms with Crippen LogP contribution in [0, 0.1) is 0 Å². The topological polar surface area (TPSA) is 32.3 Å². The Morgan fingerprint density at radius 1 is 1.42 bits per heavy atom. The first-order valence-corrected chi connectivity index (χ1v) is 7.30. The van der Waals surface area contributed by atoms with Crippen LogP contribution < -0.4 is 5.32 Å². The molecule has 1 heterocycles. The molecule has 0 aromatic heterocycles. The van der Waals surface area contributed by atoms with Gasteiger partial charge in [0.1, 0.15) is 6.04 Å². The van der Waals surface area contributed by atoms with Gasteiger partial charge in [-0.2, -0.15) is 0 Å². The summed E-state index contributed by atoms with van der Waals surface area (Å²) in [5.41, 5.74) is 2.46. The van der Waals surface area contributed by atoms with Crippen LogP contribution in [0.2, 0.25) is 0 Å². The van der Waals surface area contributed by atoms with Gasteiger partial charge < -0.3 is 10.2 Å². The van der Waals surface area contributed by atoms with Gasteiger partial charge >= 0.3 is 0 Å². The summed E-state index contributed by atoms with van der Waals surface area (Å²) in [7, 11) is 0. The minimum absolute atomic E-state index is 0.168. The van der Waals surface area contributed by atoms with Crippen molar-refractivity contribution in [3.8, 4) is 0 Å². The van der Waals surface area contributed by atoms with Crippen molar-refractivity contribution < 1.29 is 4.79 Å². The van der Waals surface area contributed by atoms with Gasteiger partial charge in [0.05, 0.1) is 0 Å². The highest BCUT2D eigenvalue weighted by atomic mass is 16.2. The van der Waals surface area contributed by atoms with Gasteiger partial charge in [-0.1, -0.05) is 31.2 Å². The van der Waals surface area contributed by atoms with Crippen LogP contribution in [0.5, 0.6) is 0 Å². The molecule has 1 aromatic carbocycles. The molecule has 0 saturated carbocycles. The predicted molar refractivity (Wildman–Crippen MR) is 78.0 cm³/mol. The predicted octanol–water partition coefficient (Wildman–Crippen LogP) is 2.52. The second-order valence-electron chi connectivity index (χ2n) is 5.22. The number of benzene rings is 1. The number of nitrogens with zero attached hydrogens (tertiary/aromatic N) is 1. The number of nitrogens with one attached hydrogen (secondary N) is 1. The van der Waals surface area contributed by atoms with Gasteiger partial charge in [0.15, 0.2) is 0 Å². The Morgan fingerprint density at radius 2 is 2.16 bits per heavy atom. The van der Waals surface area contributed by atoms with E-state index in [0.717, 1.165) is 31.5 Å². The molecule has 1 aliphatic heterocycles. The number of fused-ring (bicyclic) bond motifs is 1. The van der Waals surface area contributed by atoms with Crippen molar-refractivity contribution in [2.75, 3.05) is 13.1 Å². The zero-order valence-corrected chi connectivity index (χ0v) is 12.1. The fourth-order valence-corrected chi connectivity index (χ4v) is 2.80. The number of rotatable bonds is 4. The Kier molecular flexibility index (Phi) is 4.59. The first-order chi connectivity index (χ1) is 9.19. The summed E-state index contributed by atoms with van der Waals surface area (Å²) in [4.78, 5) is 14.7. The smallest absolute Gasteiger partial charge is 0.244 e. The van der Waals surface area contributed by atoms with E-state index in [0.29, 0.717) is 6.04 Å². The molecule has 0 radical (unpaired) electrons. The molecule has 1 aliphatic rings. The Bertz CT molecular complexity index is 444. The fourth-order valence-electron chi connectivity index (χ4n) is 2.80. The summed E-state index contributed by atoms with van der Waals surface area (Å²) in [5, 5.41) is 3.38. The fraction of sp³-hybridized carbons (Fsp3) is 0.562. The lowest BCUT2D eigenvalue weighted by atomic mass is 9.93. The summed E-state index contributed by atoms with van der Waals surface area (Å²) in [6.45, 7) is 7.96. The standard InChI is InChI=1S/C16H24N2O/c1-4-12(3)18(5-2)16(19)15-14-9-7-6-8-13(14)10-11-17-15/h6-9,12,15,17H,4-5,10-11H2,1-3H3. The highest BCUT2D eigenvalue weighted by Crippen LogP contribution is 2.25. The summed E-state index contributed by atoms with van der Waals surface area (Å²) in [5.74, 6) is 0.212. The first-order valence-electron chi connectivity index (χ1n) is 7.30. The minimum Gasteiger partial charge on any atom is -0.339 e. The molecular formula is C16H24N2O. The molecule has 0 saturated heterocycles. The maximum absolute atomic E-state index is 12.8. The van der Waals surface area contributed by atoms with Crippen LogP contribution in [-0.2, 0) is 11.2 Å². The largest absolute Gasteiger partial charge is 0.339 e. The Labute approximate surface area is 116 Å². The number of carbonyl (C=O) groups excluding carboxylic acids is 1. The van der Waals surface area contributed by atoms with Crippen molar-refractivity contribution in [1.82, 2.24) is 10.2 Å². The number of carbonyl (C=O) groups is 1. The van der Waals surface area contributed by atoms with Crippen molar-refractivity contribution in [3.63, 3.8) is 0 Å². The third-order valence-corrected chi connectivity index (χ3v) is 4.10. The van der Waals surface area contributed by atoms with Crippen molar-refractivity contribution in [3.05, 3.63) is 35.4 Å². The molecular weight excluding hydrogens is 236 g/mol. The number of likely N-dealkylation sites (N-methyl/N-ethyl adjacent to an activating group) is 1. The van der Waals surface area contributed by atoms with Crippen LogP contribution in [0.1, 0.15) is 44.4 Å². The normalized spacial score (nSPS) is 19.6. The lowest BCUT2D eigenvalue weighted by Gasteiger charge is -2.34. The van der Waals surface area contributed by atoms with Gasteiger partial charge in [-0.25, -0.2) is 0 Å². The third-order valence-electron chi connectivity index (χ3n) is 4.10. The molecule has 3 nitrogen and oxygen atoms in total. The summed E-state index contributed by atoms with van der Waals surface area (Å²) >= 11 is 0. The van der Waals surface area contributed by atoms with Crippen molar-refractivity contribution >= 4 is 5.91 Å². The number of amides is 1. The van der Waals surface area contributed by atoms with Gasteiger partial charge in [-0.15, -0.1) is 0 Å². The van der Waals surface area contributed by atoms with E-state index >= 15 is 0 Å². The minimum atomic E-state index is -0.168. The molecule has 1 aromatic rings. The van der Waals surface area contributed by atoms with E-state index in [1.165, 1.54) is 5.56 Å². The molecule has 0 aliphatic carbocycles. The van der Waals surface area contributed by atoms with Gasteiger partial charge in [0, 0.05) is 19.1 Å². The molecule has 3 heteroatoms. The Morgan fingerprint density at radius 3 is 2.84 bits per heavy atom. The molecule has 2 rings (SSSR count).